The molecule has 0 saturated heterocycles. The monoisotopic (exact) mass is 344 g/mol. The highest BCUT2D eigenvalue weighted by Gasteiger charge is 2.13. The number of aromatic hydroxyl groups is 1. The minimum atomic E-state index is -0.447. The van der Waals surface area contributed by atoms with E-state index in [4.69, 9.17) is 11.6 Å². The number of fused-ring (bicyclic) bond motifs is 1. The third kappa shape index (κ3) is 3.31. The average Bonchev–Trinajstić information content (AvgIpc) is 2.98. The Morgan fingerprint density at radius 2 is 1.78 bits per heavy atom. The highest BCUT2D eigenvalue weighted by Crippen LogP contribution is 2.26. The van der Waals surface area contributed by atoms with E-state index in [0.717, 1.165) is 15.6 Å². The molecule has 23 heavy (non-hydrogen) atoms. The van der Waals surface area contributed by atoms with Gasteiger partial charge in [-0.15, -0.1) is 11.3 Å². The molecule has 116 valence electrons. The molecule has 1 amide bonds. The maximum atomic E-state index is 12.3. The lowest BCUT2D eigenvalue weighted by molar-refractivity contribution is 0.0940. The largest absolute Gasteiger partial charge is 0.507 e. The molecule has 0 saturated carbocycles. The summed E-state index contributed by atoms with van der Waals surface area (Å²) in [6.07, 6.45) is 0. The first-order valence-electron chi connectivity index (χ1n) is 6.77. The summed E-state index contributed by atoms with van der Waals surface area (Å²) >= 11 is 7.22. The van der Waals surface area contributed by atoms with E-state index in [9.17, 15) is 9.90 Å². The van der Waals surface area contributed by atoms with Gasteiger partial charge in [0.2, 0.25) is 0 Å². The van der Waals surface area contributed by atoms with Crippen LogP contribution in [0.5, 0.6) is 5.75 Å². The summed E-state index contributed by atoms with van der Waals surface area (Å²) in [5.41, 5.74) is 5.97. The molecule has 2 aromatic carbocycles. The fraction of sp³-hybridized carbons (Fsp3) is 0. The molecular weight excluding hydrogens is 332 g/mol. The van der Waals surface area contributed by atoms with Gasteiger partial charge in [-0.1, -0.05) is 42.4 Å². The van der Waals surface area contributed by atoms with E-state index >= 15 is 0 Å². The molecule has 1 heterocycles. The lowest BCUT2D eigenvalue weighted by Crippen LogP contribution is -2.35. The van der Waals surface area contributed by atoms with E-state index in [2.05, 4.69) is 17.4 Å². The Labute approximate surface area is 142 Å². The summed E-state index contributed by atoms with van der Waals surface area (Å²) in [5, 5.41) is 11.8. The van der Waals surface area contributed by atoms with Crippen molar-refractivity contribution >= 4 is 45.3 Å². The average molecular weight is 345 g/mol. The van der Waals surface area contributed by atoms with Crippen molar-refractivity contribution in [2.45, 2.75) is 0 Å². The Morgan fingerprint density at radius 3 is 2.43 bits per heavy atom. The number of hydrazine groups is 1. The minimum absolute atomic E-state index is 0.0761. The number of benzene rings is 2. The number of nitrogens with one attached hydrogen (secondary N) is 2. The van der Waals surface area contributed by atoms with E-state index < -0.39 is 5.91 Å². The van der Waals surface area contributed by atoms with Crippen molar-refractivity contribution < 1.29 is 9.90 Å². The maximum Gasteiger partial charge on any atom is 0.273 e. The number of thiophene rings is 1. The molecule has 0 aliphatic heterocycles. The molecule has 3 rings (SSSR count). The van der Waals surface area contributed by atoms with Crippen molar-refractivity contribution in [3.05, 3.63) is 69.9 Å². The van der Waals surface area contributed by atoms with Crippen LogP contribution in [-0.4, -0.2) is 11.0 Å². The molecule has 6 heteroatoms. The van der Waals surface area contributed by atoms with Crippen LogP contribution >= 0.6 is 22.9 Å². The number of hydrogen-bond acceptors (Lipinski definition) is 4. The van der Waals surface area contributed by atoms with Gasteiger partial charge >= 0.3 is 0 Å². The van der Waals surface area contributed by atoms with Gasteiger partial charge < -0.3 is 5.11 Å². The van der Waals surface area contributed by atoms with Crippen LogP contribution in [0.25, 0.3) is 16.5 Å². The van der Waals surface area contributed by atoms with Gasteiger partial charge in [0.05, 0.1) is 20.5 Å². The van der Waals surface area contributed by atoms with E-state index in [1.807, 2.05) is 30.3 Å². The van der Waals surface area contributed by atoms with Gasteiger partial charge in [0.1, 0.15) is 5.75 Å². The zero-order valence-corrected chi connectivity index (χ0v) is 13.5. The lowest BCUT2D eigenvalue weighted by atomic mass is 10.1. The summed E-state index contributed by atoms with van der Waals surface area (Å²) in [7, 11) is 0. The molecule has 3 aromatic rings. The predicted octanol–water partition coefficient (Wildman–Crippen LogP) is 4.17. The van der Waals surface area contributed by atoms with Gasteiger partial charge in [0, 0.05) is 0 Å². The van der Waals surface area contributed by atoms with Crippen LogP contribution in [0.3, 0.4) is 0 Å². The van der Waals surface area contributed by atoms with Crippen molar-refractivity contribution in [3.63, 3.8) is 0 Å². The van der Waals surface area contributed by atoms with Crippen LogP contribution in [-0.2, 0) is 0 Å². The number of phenols is 1. The zero-order valence-electron chi connectivity index (χ0n) is 12.0. The summed E-state index contributed by atoms with van der Waals surface area (Å²) in [4.78, 5) is 13.1. The summed E-state index contributed by atoms with van der Waals surface area (Å²) in [5.74, 6) is -0.523. The summed E-state index contributed by atoms with van der Waals surface area (Å²) < 4.78 is 0.640. The second-order valence-electron chi connectivity index (χ2n) is 4.88. The smallest absolute Gasteiger partial charge is 0.273 e. The van der Waals surface area contributed by atoms with Crippen molar-refractivity contribution in [3.8, 4) is 5.75 Å². The number of hydrogen-bond donors (Lipinski definition) is 3. The number of carbonyl (C=O) groups is 1. The van der Waals surface area contributed by atoms with E-state index in [-0.39, 0.29) is 11.3 Å². The van der Waals surface area contributed by atoms with Crippen molar-refractivity contribution in [2.24, 2.45) is 0 Å². The molecule has 0 unspecified atom stereocenters. The summed E-state index contributed by atoms with van der Waals surface area (Å²) in [6.45, 7) is 3.84. The maximum absolute atomic E-state index is 12.3. The predicted molar refractivity (Wildman–Crippen MR) is 94.6 cm³/mol. The van der Waals surface area contributed by atoms with Crippen LogP contribution < -0.4 is 10.9 Å². The first-order chi connectivity index (χ1) is 11.0. The van der Waals surface area contributed by atoms with Crippen molar-refractivity contribution in [1.82, 2.24) is 10.9 Å². The van der Waals surface area contributed by atoms with Crippen LogP contribution in [0, 0.1) is 0 Å². The molecule has 0 aliphatic carbocycles. The molecule has 0 bridgehead atoms. The van der Waals surface area contributed by atoms with Gasteiger partial charge in [-0.2, -0.15) is 0 Å². The Hall–Kier alpha value is -2.50. The van der Waals surface area contributed by atoms with Crippen molar-refractivity contribution in [1.29, 1.82) is 0 Å². The molecule has 0 spiro atoms. The van der Waals surface area contributed by atoms with Gasteiger partial charge in [0.15, 0.2) is 0 Å². The first kappa shape index (κ1) is 15.4. The van der Waals surface area contributed by atoms with Gasteiger partial charge in [-0.25, -0.2) is 0 Å². The standard InChI is InChI=1S/C17H13ClN2O2S/c1-10(15-6-7-16(18)23-15)19-20-17(22)13-8-11-4-2-3-5-12(11)9-14(13)21/h2-9,19,21H,1H2,(H,20,22). The topological polar surface area (TPSA) is 61.4 Å². The molecule has 0 radical (unpaired) electrons. The molecule has 1 aromatic heterocycles. The van der Waals surface area contributed by atoms with Crippen LogP contribution in [0.15, 0.2) is 55.1 Å². The second kappa shape index (κ2) is 6.32. The third-order valence-electron chi connectivity index (χ3n) is 3.31. The second-order valence-corrected chi connectivity index (χ2v) is 6.59. The number of rotatable bonds is 4. The first-order valence-corrected chi connectivity index (χ1v) is 7.97. The zero-order chi connectivity index (χ0) is 16.4. The van der Waals surface area contributed by atoms with E-state index in [0.29, 0.717) is 10.0 Å². The van der Waals surface area contributed by atoms with Gasteiger partial charge in [-0.3, -0.25) is 15.6 Å². The Bertz CT molecular complexity index is 904. The Kier molecular flexibility index (Phi) is 4.23. The molecular formula is C17H13ClN2O2S. The Morgan fingerprint density at radius 1 is 1.09 bits per heavy atom. The molecule has 4 nitrogen and oxygen atoms in total. The minimum Gasteiger partial charge on any atom is -0.507 e. The number of carbonyl (C=O) groups excluding carboxylic acids is 1. The fourth-order valence-electron chi connectivity index (χ4n) is 2.15. The number of halogens is 1. The fourth-order valence-corrected chi connectivity index (χ4v) is 3.12. The highest BCUT2D eigenvalue weighted by atomic mass is 35.5. The quantitative estimate of drug-likeness (QED) is 0.623. The molecule has 0 atom stereocenters. The summed E-state index contributed by atoms with van der Waals surface area (Å²) in [6, 6.07) is 14.3. The molecule has 0 fully saturated rings. The van der Waals surface area contributed by atoms with Crippen LogP contribution in [0.4, 0.5) is 0 Å². The van der Waals surface area contributed by atoms with E-state index in [1.165, 1.54) is 11.3 Å². The van der Waals surface area contributed by atoms with Crippen LogP contribution in [0.1, 0.15) is 15.2 Å². The highest BCUT2D eigenvalue weighted by molar-refractivity contribution is 7.17. The van der Waals surface area contributed by atoms with E-state index in [1.54, 1.807) is 18.2 Å². The normalized spacial score (nSPS) is 10.5. The number of amides is 1. The number of phenolic OH excluding ortho intramolecular Hbond substituents is 1. The third-order valence-corrected chi connectivity index (χ3v) is 4.60. The lowest BCUT2D eigenvalue weighted by Gasteiger charge is -2.11. The van der Waals surface area contributed by atoms with Gasteiger partial charge in [-0.05, 0) is 35.0 Å². The van der Waals surface area contributed by atoms with Crippen molar-refractivity contribution in [2.75, 3.05) is 0 Å². The Balaban J connectivity index is 1.75. The van der Waals surface area contributed by atoms with Gasteiger partial charge in [0.25, 0.3) is 5.91 Å². The molecule has 3 N–H and O–H groups in total. The van der Waals surface area contributed by atoms with Crippen LogP contribution in [0.2, 0.25) is 4.34 Å². The molecule has 0 aliphatic rings. The SMILES string of the molecule is C=C(NNC(=O)c1cc2ccccc2cc1O)c1ccc(Cl)s1.